The molecule has 1 aliphatic heterocycles. The average molecular weight is 333 g/mol. The van der Waals surface area contributed by atoms with Gasteiger partial charge in [0.2, 0.25) is 0 Å². The van der Waals surface area contributed by atoms with Crippen LogP contribution in [0.3, 0.4) is 0 Å². The first kappa shape index (κ1) is 14.5. The summed E-state index contributed by atoms with van der Waals surface area (Å²) < 4.78 is 1.14. The Balaban J connectivity index is 2.25. The lowest BCUT2D eigenvalue weighted by molar-refractivity contribution is 0.106. The third-order valence-corrected chi connectivity index (χ3v) is 5.45. The van der Waals surface area contributed by atoms with E-state index in [1.165, 1.54) is 4.88 Å². The van der Waals surface area contributed by atoms with Gasteiger partial charge in [-0.05, 0) is 53.9 Å². The number of halogens is 1. The number of hydrogen-bond acceptors (Lipinski definition) is 4. The molecule has 1 aliphatic rings. The zero-order chi connectivity index (χ0) is 13.1. The van der Waals surface area contributed by atoms with Crippen LogP contribution in [0, 0.1) is 0 Å². The van der Waals surface area contributed by atoms with Gasteiger partial charge in [-0.3, -0.25) is 4.90 Å². The van der Waals surface area contributed by atoms with Gasteiger partial charge in [-0.1, -0.05) is 6.92 Å². The maximum absolute atomic E-state index is 9.50. The Morgan fingerprint density at radius 1 is 1.61 bits per heavy atom. The highest BCUT2D eigenvalue weighted by Gasteiger charge is 2.34. The molecule has 1 aromatic heterocycles. The summed E-state index contributed by atoms with van der Waals surface area (Å²) >= 11 is 5.27. The molecule has 5 heteroatoms. The van der Waals surface area contributed by atoms with E-state index in [1.807, 2.05) is 0 Å². The van der Waals surface area contributed by atoms with Crippen LogP contribution in [0.2, 0.25) is 0 Å². The number of aliphatic hydroxyl groups is 1. The molecule has 18 heavy (non-hydrogen) atoms. The van der Waals surface area contributed by atoms with E-state index in [1.54, 1.807) is 11.3 Å². The van der Waals surface area contributed by atoms with Crippen LogP contribution in [0.15, 0.2) is 15.9 Å². The largest absolute Gasteiger partial charge is 0.395 e. The minimum atomic E-state index is 0.127. The predicted octanol–water partition coefficient (Wildman–Crippen LogP) is 2.75. The fraction of sp³-hybridized carbons (Fsp3) is 0.692. The van der Waals surface area contributed by atoms with Gasteiger partial charge in [0, 0.05) is 17.0 Å². The summed E-state index contributed by atoms with van der Waals surface area (Å²) in [6, 6.07) is 4.88. The molecule has 3 unspecified atom stereocenters. The molecule has 0 aliphatic carbocycles. The zero-order valence-corrected chi connectivity index (χ0v) is 13.1. The van der Waals surface area contributed by atoms with Crippen molar-refractivity contribution in [2.24, 2.45) is 5.73 Å². The minimum Gasteiger partial charge on any atom is -0.395 e. The van der Waals surface area contributed by atoms with Gasteiger partial charge in [-0.2, -0.15) is 0 Å². The molecule has 0 amide bonds. The van der Waals surface area contributed by atoms with Crippen LogP contribution in [0.4, 0.5) is 0 Å². The second-order valence-electron chi connectivity index (χ2n) is 4.88. The van der Waals surface area contributed by atoms with Crippen molar-refractivity contribution in [2.75, 3.05) is 13.2 Å². The second-order valence-corrected chi connectivity index (χ2v) is 7.37. The normalized spacial score (nSPS) is 24.3. The lowest BCUT2D eigenvalue weighted by Crippen LogP contribution is -2.44. The lowest BCUT2D eigenvalue weighted by Gasteiger charge is -2.35. The van der Waals surface area contributed by atoms with Crippen LogP contribution in [0.25, 0.3) is 0 Å². The molecule has 3 N–H and O–H groups in total. The van der Waals surface area contributed by atoms with Crippen LogP contribution in [0.1, 0.15) is 37.1 Å². The highest BCUT2D eigenvalue weighted by Crippen LogP contribution is 2.37. The number of rotatable bonds is 5. The van der Waals surface area contributed by atoms with E-state index in [9.17, 15) is 5.11 Å². The molecule has 0 spiro atoms. The maximum Gasteiger partial charge on any atom is 0.0702 e. The smallest absolute Gasteiger partial charge is 0.0702 e. The number of thiophene rings is 1. The van der Waals surface area contributed by atoms with Gasteiger partial charge >= 0.3 is 0 Å². The Hall–Kier alpha value is 0.0600. The third-order valence-electron chi connectivity index (χ3n) is 3.75. The highest BCUT2D eigenvalue weighted by molar-refractivity contribution is 9.11. The molecule has 1 aromatic rings. The second kappa shape index (κ2) is 6.48. The van der Waals surface area contributed by atoms with Crippen LogP contribution in [-0.2, 0) is 0 Å². The Labute approximate surface area is 121 Å². The first-order chi connectivity index (χ1) is 8.67. The molecule has 0 radical (unpaired) electrons. The van der Waals surface area contributed by atoms with Gasteiger partial charge in [0.1, 0.15) is 0 Å². The van der Waals surface area contributed by atoms with Crippen molar-refractivity contribution in [3.05, 3.63) is 20.8 Å². The van der Waals surface area contributed by atoms with E-state index < -0.39 is 0 Å². The van der Waals surface area contributed by atoms with Crippen LogP contribution >= 0.6 is 27.3 Å². The van der Waals surface area contributed by atoms with Crippen molar-refractivity contribution < 1.29 is 5.11 Å². The molecule has 3 nitrogen and oxygen atoms in total. The molecule has 1 saturated heterocycles. The number of hydrogen-bond donors (Lipinski definition) is 2. The fourth-order valence-corrected chi connectivity index (χ4v) is 4.37. The Bertz CT molecular complexity index is 385. The van der Waals surface area contributed by atoms with E-state index in [2.05, 4.69) is 39.9 Å². The Kier molecular flexibility index (Phi) is 5.21. The molecule has 102 valence electrons. The summed E-state index contributed by atoms with van der Waals surface area (Å²) in [5.74, 6) is 0. The molecular formula is C13H21BrN2OS. The summed E-state index contributed by atoms with van der Waals surface area (Å²) in [6.07, 6.45) is 3.19. The van der Waals surface area contributed by atoms with Crippen molar-refractivity contribution >= 4 is 27.3 Å². The first-order valence-corrected chi connectivity index (χ1v) is 8.15. The summed E-state index contributed by atoms with van der Waals surface area (Å²) in [4.78, 5) is 3.70. The zero-order valence-electron chi connectivity index (χ0n) is 10.7. The third kappa shape index (κ3) is 2.96. The number of nitrogens with two attached hydrogens (primary N) is 1. The topological polar surface area (TPSA) is 49.5 Å². The molecule has 2 heterocycles. The summed E-state index contributed by atoms with van der Waals surface area (Å²) in [5, 5.41) is 9.50. The van der Waals surface area contributed by atoms with Gasteiger partial charge < -0.3 is 10.8 Å². The van der Waals surface area contributed by atoms with Crippen molar-refractivity contribution in [1.82, 2.24) is 4.90 Å². The van der Waals surface area contributed by atoms with E-state index in [-0.39, 0.29) is 24.7 Å². The number of aliphatic hydroxyl groups excluding tert-OH is 1. The molecular weight excluding hydrogens is 312 g/mol. The molecule has 0 saturated carbocycles. The standard InChI is InChI=1S/C13H21BrN2OS/c1-2-10(15)13(11-5-6-12(14)18-11)16-7-3-4-9(16)8-17/h5-6,9-10,13,17H,2-4,7-8,15H2,1H3. The lowest BCUT2D eigenvalue weighted by atomic mass is 10.0. The number of likely N-dealkylation sites (tertiary alicyclic amines) is 1. The maximum atomic E-state index is 9.50. The average Bonchev–Trinajstić information content (AvgIpc) is 2.99. The Morgan fingerprint density at radius 3 is 2.94 bits per heavy atom. The van der Waals surface area contributed by atoms with Gasteiger partial charge in [0.25, 0.3) is 0 Å². The van der Waals surface area contributed by atoms with Gasteiger partial charge in [0.15, 0.2) is 0 Å². The van der Waals surface area contributed by atoms with Crippen LogP contribution in [-0.4, -0.2) is 35.2 Å². The van der Waals surface area contributed by atoms with Crippen molar-refractivity contribution in [1.29, 1.82) is 0 Å². The SMILES string of the molecule is CCC(N)C(c1ccc(Br)s1)N1CCCC1CO. The van der Waals surface area contributed by atoms with Gasteiger partial charge in [-0.15, -0.1) is 11.3 Å². The van der Waals surface area contributed by atoms with Crippen molar-refractivity contribution in [2.45, 2.75) is 44.3 Å². The first-order valence-electron chi connectivity index (χ1n) is 6.54. The summed E-state index contributed by atoms with van der Waals surface area (Å²) in [5.41, 5.74) is 6.32. The van der Waals surface area contributed by atoms with Crippen LogP contribution in [0.5, 0.6) is 0 Å². The number of nitrogens with zero attached hydrogens (tertiary/aromatic N) is 1. The molecule has 0 bridgehead atoms. The Morgan fingerprint density at radius 2 is 2.39 bits per heavy atom. The molecule has 0 aromatic carbocycles. The van der Waals surface area contributed by atoms with Crippen LogP contribution < -0.4 is 5.73 Å². The molecule has 3 atom stereocenters. The van der Waals surface area contributed by atoms with E-state index >= 15 is 0 Å². The summed E-state index contributed by atoms with van der Waals surface area (Å²) in [6.45, 7) is 3.41. The quantitative estimate of drug-likeness (QED) is 0.871. The monoisotopic (exact) mass is 332 g/mol. The van der Waals surface area contributed by atoms with Crippen molar-refractivity contribution in [3.63, 3.8) is 0 Å². The van der Waals surface area contributed by atoms with E-state index in [0.717, 1.165) is 29.6 Å². The highest BCUT2D eigenvalue weighted by atomic mass is 79.9. The molecule has 1 fully saturated rings. The molecule has 2 rings (SSSR count). The van der Waals surface area contributed by atoms with Gasteiger partial charge in [-0.25, -0.2) is 0 Å². The van der Waals surface area contributed by atoms with Crippen molar-refractivity contribution in [3.8, 4) is 0 Å². The fourth-order valence-electron chi connectivity index (χ4n) is 2.75. The van der Waals surface area contributed by atoms with Gasteiger partial charge in [0.05, 0.1) is 16.4 Å². The summed E-state index contributed by atoms with van der Waals surface area (Å²) in [7, 11) is 0. The van der Waals surface area contributed by atoms with E-state index in [4.69, 9.17) is 5.73 Å². The minimum absolute atomic E-state index is 0.127. The predicted molar refractivity (Wildman–Crippen MR) is 79.8 cm³/mol. The van der Waals surface area contributed by atoms with E-state index in [0.29, 0.717) is 0 Å².